The van der Waals surface area contributed by atoms with Crippen molar-refractivity contribution in [1.29, 1.82) is 0 Å². The van der Waals surface area contributed by atoms with Crippen molar-refractivity contribution in [3.8, 4) is 0 Å². The molecule has 0 atom stereocenters. The van der Waals surface area contributed by atoms with Crippen LogP contribution in [0.15, 0.2) is 73.1 Å². The van der Waals surface area contributed by atoms with Gasteiger partial charge in [-0.3, -0.25) is 9.36 Å². The monoisotopic (exact) mass is 546 g/mol. The predicted molar refractivity (Wildman–Crippen MR) is 150 cm³/mol. The summed E-state index contributed by atoms with van der Waals surface area (Å²) in [4.78, 5) is 16.7. The molecule has 0 saturated carbocycles. The van der Waals surface area contributed by atoms with Gasteiger partial charge in [0.05, 0.1) is 17.0 Å². The van der Waals surface area contributed by atoms with E-state index in [1.807, 2.05) is 56.7 Å². The molecule has 6 rings (SSSR count). The van der Waals surface area contributed by atoms with Crippen LogP contribution in [-0.4, -0.2) is 39.5 Å². The molecule has 0 radical (unpaired) electrons. The number of halogens is 2. The van der Waals surface area contributed by atoms with Crippen molar-refractivity contribution >= 4 is 56.9 Å². The number of aromatic nitrogens is 8. The molecule has 12 heteroatoms. The Kier molecular flexibility index (Phi) is 7.62. The molecule has 0 spiro atoms. The maximum Gasteiger partial charge on any atom is 0.226 e. The van der Waals surface area contributed by atoms with Gasteiger partial charge in [-0.15, -0.1) is 0 Å². The standard InChI is InChI=1S/2C13H12ClN5/c1-19-8-10-11(16-13(14)17-12(10)18-19)15-7-9-5-3-2-4-6-9;1-19-12-10(8-16-19)11(17-13(14)18-12)15-7-9-5-3-2-4-6-9/h2-6,8H,7H2,1H3,(H,15,16,17,18);2-6,8H,7H2,1H3,(H,15,17,18). The summed E-state index contributed by atoms with van der Waals surface area (Å²) in [7, 11) is 3.67. The van der Waals surface area contributed by atoms with Gasteiger partial charge in [0.25, 0.3) is 0 Å². The van der Waals surface area contributed by atoms with Crippen molar-refractivity contribution in [2.45, 2.75) is 13.1 Å². The Morgan fingerprint density at radius 3 is 1.87 bits per heavy atom. The van der Waals surface area contributed by atoms with Crippen molar-refractivity contribution in [3.63, 3.8) is 0 Å². The Hall–Kier alpha value is -4.28. The van der Waals surface area contributed by atoms with Gasteiger partial charge in [-0.2, -0.15) is 30.1 Å². The Labute approximate surface area is 228 Å². The highest BCUT2D eigenvalue weighted by atomic mass is 35.5. The van der Waals surface area contributed by atoms with E-state index in [0.717, 1.165) is 16.4 Å². The van der Waals surface area contributed by atoms with Gasteiger partial charge in [-0.25, -0.2) is 0 Å². The maximum absolute atomic E-state index is 5.93. The lowest BCUT2D eigenvalue weighted by atomic mass is 10.2. The molecule has 0 amide bonds. The van der Waals surface area contributed by atoms with Crippen molar-refractivity contribution in [1.82, 2.24) is 39.5 Å². The quantitative estimate of drug-likeness (QED) is 0.272. The first kappa shape index (κ1) is 25.4. The van der Waals surface area contributed by atoms with E-state index in [9.17, 15) is 0 Å². The lowest BCUT2D eigenvalue weighted by molar-refractivity contribution is 0.775. The average Bonchev–Trinajstić information content (AvgIpc) is 3.49. The Balaban J connectivity index is 0.000000155. The summed E-state index contributed by atoms with van der Waals surface area (Å²) in [6.45, 7) is 1.36. The Morgan fingerprint density at radius 2 is 1.26 bits per heavy atom. The molecule has 6 aromatic rings. The van der Waals surface area contributed by atoms with Crippen LogP contribution >= 0.6 is 23.2 Å². The average molecular weight is 547 g/mol. The summed E-state index contributed by atoms with van der Waals surface area (Å²) in [5, 5.41) is 17.1. The van der Waals surface area contributed by atoms with Crippen molar-refractivity contribution in [2.75, 3.05) is 10.6 Å². The fourth-order valence-corrected chi connectivity index (χ4v) is 4.15. The zero-order chi connectivity index (χ0) is 26.5. The van der Waals surface area contributed by atoms with E-state index in [-0.39, 0.29) is 10.6 Å². The fraction of sp³-hybridized carbons (Fsp3) is 0.154. The lowest BCUT2D eigenvalue weighted by Crippen LogP contribution is -2.03. The first-order valence-electron chi connectivity index (χ1n) is 11.7. The number of hydrogen-bond acceptors (Lipinski definition) is 8. The fourth-order valence-electron chi connectivity index (χ4n) is 3.82. The van der Waals surface area contributed by atoms with Crippen molar-refractivity contribution in [3.05, 3.63) is 94.8 Å². The highest BCUT2D eigenvalue weighted by Crippen LogP contribution is 2.22. The summed E-state index contributed by atoms with van der Waals surface area (Å²) in [6, 6.07) is 20.2. The van der Waals surface area contributed by atoms with Gasteiger partial charge in [0, 0.05) is 33.4 Å². The molecule has 38 heavy (non-hydrogen) atoms. The molecule has 0 bridgehead atoms. The minimum absolute atomic E-state index is 0.196. The minimum atomic E-state index is 0.196. The molecular weight excluding hydrogens is 523 g/mol. The van der Waals surface area contributed by atoms with Crippen LogP contribution in [0, 0.1) is 0 Å². The number of nitrogens with zero attached hydrogens (tertiary/aromatic N) is 8. The van der Waals surface area contributed by atoms with Crippen LogP contribution in [0.3, 0.4) is 0 Å². The number of hydrogen-bond donors (Lipinski definition) is 2. The Bertz CT molecular complexity index is 1610. The molecule has 10 nitrogen and oxygen atoms in total. The van der Waals surface area contributed by atoms with Gasteiger partial charge in [-0.1, -0.05) is 60.7 Å². The second-order valence-corrected chi connectivity index (χ2v) is 9.08. The van der Waals surface area contributed by atoms with Crippen LogP contribution in [0.25, 0.3) is 22.1 Å². The molecular formula is C26H24Cl2N10. The highest BCUT2D eigenvalue weighted by Gasteiger charge is 2.11. The van der Waals surface area contributed by atoms with Crippen LogP contribution in [0.2, 0.25) is 10.6 Å². The number of benzene rings is 2. The smallest absolute Gasteiger partial charge is 0.226 e. The topological polar surface area (TPSA) is 111 Å². The van der Waals surface area contributed by atoms with Crippen molar-refractivity contribution < 1.29 is 0 Å². The molecule has 0 aliphatic heterocycles. The largest absolute Gasteiger partial charge is 0.365 e. The zero-order valence-corrected chi connectivity index (χ0v) is 22.2. The van der Waals surface area contributed by atoms with Crippen LogP contribution in [0.4, 0.5) is 11.6 Å². The number of anilines is 2. The summed E-state index contributed by atoms with van der Waals surface area (Å²) < 4.78 is 3.37. The summed E-state index contributed by atoms with van der Waals surface area (Å²) in [5.74, 6) is 1.40. The molecule has 4 aromatic heterocycles. The molecule has 0 aliphatic rings. The molecule has 2 N–H and O–H groups in total. The normalized spacial score (nSPS) is 10.8. The molecule has 0 fully saturated rings. The molecule has 0 unspecified atom stereocenters. The van der Waals surface area contributed by atoms with Gasteiger partial charge in [0.15, 0.2) is 11.3 Å². The predicted octanol–water partition coefficient (Wildman–Crippen LogP) is 5.26. The van der Waals surface area contributed by atoms with E-state index in [2.05, 4.69) is 65.0 Å². The number of rotatable bonds is 6. The molecule has 4 heterocycles. The number of nitrogens with one attached hydrogen (secondary N) is 2. The van der Waals surface area contributed by atoms with Gasteiger partial charge in [-0.05, 0) is 34.3 Å². The third kappa shape index (κ3) is 5.99. The van der Waals surface area contributed by atoms with E-state index in [4.69, 9.17) is 23.2 Å². The van der Waals surface area contributed by atoms with Crippen LogP contribution < -0.4 is 10.6 Å². The summed E-state index contributed by atoms with van der Waals surface area (Å²) in [6.07, 6.45) is 3.61. The van der Waals surface area contributed by atoms with Gasteiger partial charge < -0.3 is 10.6 Å². The van der Waals surface area contributed by atoms with Crippen LogP contribution in [0.1, 0.15) is 11.1 Å². The zero-order valence-electron chi connectivity index (χ0n) is 20.7. The van der Waals surface area contributed by atoms with E-state index in [0.29, 0.717) is 30.4 Å². The van der Waals surface area contributed by atoms with Gasteiger partial charge in [0.1, 0.15) is 11.6 Å². The third-order valence-corrected chi connectivity index (χ3v) is 5.98. The van der Waals surface area contributed by atoms with E-state index in [1.165, 1.54) is 11.1 Å². The van der Waals surface area contributed by atoms with Crippen molar-refractivity contribution in [2.24, 2.45) is 14.1 Å². The van der Waals surface area contributed by atoms with Gasteiger partial charge >= 0.3 is 0 Å². The highest BCUT2D eigenvalue weighted by molar-refractivity contribution is 6.29. The summed E-state index contributed by atoms with van der Waals surface area (Å²) >= 11 is 11.8. The third-order valence-electron chi connectivity index (χ3n) is 5.64. The number of fused-ring (bicyclic) bond motifs is 2. The molecule has 0 saturated heterocycles. The van der Waals surface area contributed by atoms with E-state index < -0.39 is 0 Å². The maximum atomic E-state index is 5.93. The Morgan fingerprint density at radius 1 is 0.711 bits per heavy atom. The van der Waals surface area contributed by atoms with E-state index in [1.54, 1.807) is 15.6 Å². The SMILES string of the molecule is Cn1cc2c(NCc3ccccc3)nc(Cl)nc2n1.Cn1ncc2c(NCc3ccccc3)nc(Cl)nc21. The minimum Gasteiger partial charge on any atom is -0.365 e. The molecule has 0 aliphatic carbocycles. The number of aryl methyl sites for hydroxylation is 2. The van der Waals surface area contributed by atoms with Crippen LogP contribution in [-0.2, 0) is 27.2 Å². The van der Waals surface area contributed by atoms with E-state index >= 15 is 0 Å². The second kappa shape index (κ2) is 11.4. The van der Waals surface area contributed by atoms with Gasteiger partial charge in [0.2, 0.25) is 10.6 Å². The lowest BCUT2D eigenvalue weighted by Gasteiger charge is -2.07. The molecule has 2 aromatic carbocycles. The summed E-state index contributed by atoms with van der Waals surface area (Å²) in [5.41, 5.74) is 3.66. The second-order valence-electron chi connectivity index (χ2n) is 8.41. The first-order chi connectivity index (χ1) is 18.5. The first-order valence-corrected chi connectivity index (χ1v) is 12.5. The molecule has 192 valence electrons. The van der Waals surface area contributed by atoms with Crippen LogP contribution in [0.5, 0.6) is 0 Å².